The number of hydrogen-bond acceptors (Lipinski definition) is 4. The lowest BCUT2D eigenvalue weighted by molar-refractivity contribution is -0.144. The lowest BCUT2D eigenvalue weighted by Crippen LogP contribution is -2.16. The average Bonchev–Trinajstić information content (AvgIpc) is 2.79. The van der Waals surface area contributed by atoms with Crippen LogP contribution in [0.3, 0.4) is 0 Å². The number of halogens is 3. The summed E-state index contributed by atoms with van der Waals surface area (Å²) >= 11 is 0. The molecular formula is C28H31F3N2O2. The first-order chi connectivity index (χ1) is 16.5. The fourth-order valence-corrected chi connectivity index (χ4v) is 4.05. The van der Waals surface area contributed by atoms with E-state index >= 15 is 0 Å². The predicted octanol–water partition coefficient (Wildman–Crippen LogP) is 6.33. The smallest absolute Gasteiger partial charge is 0.416 e. The van der Waals surface area contributed by atoms with Crippen molar-refractivity contribution in [1.82, 2.24) is 4.98 Å². The van der Waals surface area contributed by atoms with E-state index in [1.165, 1.54) is 12.1 Å². The second-order valence-corrected chi connectivity index (χ2v) is 9.18. The number of benzene rings is 2. The number of rotatable bonds is 8. The second kappa shape index (κ2) is 11.0. The van der Waals surface area contributed by atoms with Gasteiger partial charge in [-0.3, -0.25) is 9.78 Å². The van der Waals surface area contributed by atoms with Crippen LogP contribution >= 0.6 is 0 Å². The van der Waals surface area contributed by atoms with Gasteiger partial charge in [-0.1, -0.05) is 55.8 Å². The molecule has 35 heavy (non-hydrogen) atoms. The maximum Gasteiger partial charge on any atom is 0.416 e. The van der Waals surface area contributed by atoms with Gasteiger partial charge in [0.2, 0.25) is 0 Å². The Morgan fingerprint density at radius 2 is 1.63 bits per heavy atom. The zero-order valence-corrected chi connectivity index (χ0v) is 20.5. The molecular weight excluding hydrogens is 453 g/mol. The molecule has 0 aliphatic carbocycles. The van der Waals surface area contributed by atoms with Gasteiger partial charge in [0.15, 0.2) is 0 Å². The predicted molar refractivity (Wildman–Crippen MR) is 131 cm³/mol. The summed E-state index contributed by atoms with van der Waals surface area (Å²) in [5.41, 5.74) is 12.2. The Labute approximate surface area is 204 Å². The summed E-state index contributed by atoms with van der Waals surface area (Å²) in [5.74, 6) is -0.0969. The number of ether oxygens (including phenoxy) is 1. The highest BCUT2D eigenvalue weighted by molar-refractivity contribution is 5.80. The number of nitrogens with zero attached hydrogens (tertiary/aromatic N) is 1. The average molecular weight is 485 g/mol. The van der Waals surface area contributed by atoms with Crippen LogP contribution in [0.5, 0.6) is 0 Å². The van der Waals surface area contributed by atoms with Crippen molar-refractivity contribution in [3.05, 3.63) is 87.7 Å². The van der Waals surface area contributed by atoms with Crippen molar-refractivity contribution in [2.45, 2.75) is 59.9 Å². The Morgan fingerprint density at radius 3 is 2.17 bits per heavy atom. The molecule has 0 bridgehead atoms. The molecule has 1 aromatic heterocycles. The molecule has 0 saturated heterocycles. The summed E-state index contributed by atoms with van der Waals surface area (Å²) in [4.78, 5) is 17.6. The monoisotopic (exact) mass is 484 g/mol. The van der Waals surface area contributed by atoms with Gasteiger partial charge in [-0.25, -0.2) is 0 Å². The van der Waals surface area contributed by atoms with Gasteiger partial charge < -0.3 is 10.5 Å². The maximum atomic E-state index is 12.8. The molecule has 0 fully saturated rings. The summed E-state index contributed by atoms with van der Waals surface area (Å²) in [7, 11) is 0. The van der Waals surface area contributed by atoms with Crippen molar-refractivity contribution in [3.8, 4) is 11.1 Å². The standard InChI is InChI=1S/C28H31F3N2O2/c1-17(2)13-25-24(15-32)27(21-9-5-18(3)6-10-21)23(19(4)33-25)14-26(34)35-16-20-7-11-22(12-8-20)28(29,30)31/h5-12,17H,13-16,32H2,1-4H3. The van der Waals surface area contributed by atoms with Crippen LogP contribution < -0.4 is 5.73 Å². The van der Waals surface area contributed by atoms with Crippen LogP contribution in [0.1, 0.15) is 53.1 Å². The minimum atomic E-state index is -4.41. The number of esters is 1. The van der Waals surface area contributed by atoms with Crippen molar-refractivity contribution in [1.29, 1.82) is 0 Å². The molecule has 7 heteroatoms. The summed E-state index contributed by atoms with van der Waals surface area (Å²) in [6.07, 6.45) is -3.66. The van der Waals surface area contributed by atoms with E-state index in [-0.39, 0.29) is 19.6 Å². The zero-order chi connectivity index (χ0) is 25.8. The first kappa shape index (κ1) is 26.4. The number of carbonyl (C=O) groups is 1. The molecule has 3 aromatic rings. The number of aryl methyl sites for hydroxylation is 2. The van der Waals surface area contributed by atoms with Gasteiger partial charge in [-0.15, -0.1) is 0 Å². The highest BCUT2D eigenvalue weighted by atomic mass is 19.4. The van der Waals surface area contributed by atoms with Crippen LogP contribution in [0.4, 0.5) is 13.2 Å². The highest BCUT2D eigenvalue weighted by Gasteiger charge is 2.30. The van der Waals surface area contributed by atoms with Crippen LogP contribution in [-0.4, -0.2) is 11.0 Å². The minimum absolute atomic E-state index is 0.0162. The van der Waals surface area contributed by atoms with Crippen LogP contribution in [0.2, 0.25) is 0 Å². The van der Waals surface area contributed by atoms with Crippen LogP contribution in [0, 0.1) is 19.8 Å². The molecule has 186 valence electrons. The van der Waals surface area contributed by atoms with Gasteiger partial charge in [0, 0.05) is 17.9 Å². The van der Waals surface area contributed by atoms with E-state index < -0.39 is 17.7 Å². The third-order valence-corrected chi connectivity index (χ3v) is 5.84. The van der Waals surface area contributed by atoms with Gasteiger partial charge in [0.25, 0.3) is 0 Å². The number of carbonyl (C=O) groups excluding carboxylic acids is 1. The van der Waals surface area contributed by atoms with Gasteiger partial charge in [0.1, 0.15) is 6.61 Å². The fourth-order valence-electron chi connectivity index (χ4n) is 4.05. The molecule has 0 aliphatic heterocycles. The van der Waals surface area contributed by atoms with E-state index in [4.69, 9.17) is 15.5 Å². The third-order valence-electron chi connectivity index (χ3n) is 5.84. The molecule has 2 N–H and O–H groups in total. The van der Waals surface area contributed by atoms with Crippen molar-refractivity contribution >= 4 is 5.97 Å². The zero-order valence-electron chi connectivity index (χ0n) is 20.5. The van der Waals surface area contributed by atoms with E-state index in [1.807, 2.05) is 38.1 Å². The molecule has 3 rings (SSSR count). The van der Waals surface area contributed by atoms with E-state index in [9.17, 15) is 18.0 Å². The van der Waals surface area contributed by atoms with Crippen LogP contribution in [0.15, 0.2) is 48.5 Å². The minimum Gasteiger partial charge on any atom is -0.461 e. The molecule has 0 saturated carbocycles. The number of alkyl halides is 3. The van der Waals surface area contributed by atoms with Crippen LogP contribution in [0.25, 0.3) is 11.1 Å². The van der Waals surface area contributed by atoms with E-state index in [0.717, 1.165) is 57.8 Å². The Morgan fingerprint density at radius 1 is 1.00 bits per heavy atom. The summed E-state index contributed by atoms with van der Waals surface area (Å²) in [5, 5.41) is 0. The van der Waals surface area contributed by atoms with Crippen molar-refractivity contribution in [2.24, 2.45) is 11.7 Å². The van der Waals surface area contributed by atoms with Crippen molar-refractivity contribution in [2.75, 3.05) is 0 Å². The van der Waals surface area contributed by atoms with Crippen LogP contribution in [-0.2, 0) is 41.7 Å². The highest BCUT2D eigenvalue weighted by Crippen LogP contribution is 2.33. The Bertz CT molecular complexity index is 1170. The second-order valence-electron chi connectivity index (χ2n) is 9.18. The molecule has 0 aliphatic rings. The number of aromatic nitrogens is 1. The largest absolute Gasteiger partial charge is 0.461 e. The number of nitrogens with two attached hydrogens (primary N) is 1. The molecule has 0 unspecified atom stereocenters. The maximum absolute atomic E-state index is 12.8. The Hall–Kier alpha value is -3.19. The molecule has 0 spiro atoms. The van der Waals surface area contributed by atoms with Gasteiger partial charge in [-0.2, -0.15) is 13.2 Å². The van der Waals surface area contributed by atoms with Crippen molar-refractivity contribution in [3.63, 3.8) is 0 Å². The summed E-state index contributed by atoms with van der Waals surface area (Å²) in [6.45, 7) is 8.30. The molecule has 2 aromatic carbocycles. The van der Waals surface area contributed by atoms with Gasteiger partial charge in [-0.05, 0) is 66.1 Å². The molecule has 1 heterocycles. The molecule has 4 nitrogen and oxygen atoms in total. The van der Waals surface area contributed by atoms with E-state index in [1.54, 1.807) is 0 Å². The third kappa shape index (κ3) is 6.69. The summed E-state index contributed by atoms with van der Waals surface area (Å²) < 4.78 is 43.7. The fraction of sp³-hybridized carbons (Fsp3) is 0.357. The van der Waals surface area contributed by atoms with Crippen molar-refractivity contribution < 1.29 is 22.7 Å². The first-order valence-corrected chi connectivity index (χ1v) is 11.6. The quantitative estimate of drug-likeness (QED) is 0.380. The molecule has 0 atom stereocenters. The lowest BCUT2D eigenvalue weighted by atomic mass is 9.88. The van der Waals surface area contributed by atoms with E-state index in [0.29, 0.717) is 11.5 Å². The van der Waals surface area contributed by atoms with Gasteiger partial charge >= 0.3 is 12.1 Å². The Balaban J connectivity index is 1.90. The molecule has 0 radical (unpaired) electrons. The normalized spacial score (nSPS) is 11.7. The lowest BCUT2D eigenvalue weighted by Gasteiger charge is -2.21. The SMILES string of the molecule is Cc1ccc(-c2c(CC(=O)OCc3ccc(C(F)(F)F)cc3)c(C)nc(CC(C)C)c2CN)cc1. The topological polar surface area (TPSA) is 65.2 Å². The molecule has 0 amide bonds. The number of pyridine rings is 1. The summed E-state index contributed by atoms with van der Waals surface area (Å²) in [6, 6.07) is 12.6. The Kier molecular flexibility index (Phi) is 8.33. The number of hydrogen-bond donors (Lipinski definition) is 1. The first-order valence-electron chi connectivity index (χ1n) is 11.6. The van der Waals surface area contributed by atoms with Gasteiger partial charge in [0.05, 0.1) is 12.0 Å². The van der Waals surface area contributed by atoms with E-state index in [2.05, 4.69) is 13.8 Å².